The highest BCUT2D eigenvalue weighted by atomic mass is 15.1. The van der Waals surface area contributed by atoms with Crippen molar-refractivity contribution >= 4 is 0 Å². The van der Waals surface area contributed by atoms with E-state index in [-0.39, 0.29) is 0 Å². The van der Waals surface area contributed by atoms with Gasteiger partial charge in [-0.1, -0.05) is 0 Å². The zero-order valence-electron chi connectivity index (χ0n) is 4.44. The van der Waals surface area contributed by atoms with Crippen molar-refractivity contribution in [3.05, 3.63) is 11.9 Å². The molecule has 0 unspecified atom stereocenters. The molecule has 8 heavy (non-hydrogen) atoms. The van der Waals surface area contributed by atoms with E-state index in [1.165, 1.54) is 0 Å². The average molecular weight is 109 g/mol. The third kappa shape index (κ3) is 0.909. The van der Waals surface area contributed by atoms with Crippen LogP contribution in [0.2, 0.25) is 0 Å². The molecule has 1 aliphatic rings. The number of nitrogens with one attached hydrogen (secondary N) is 2. The van der Waals surface area contributed by atoms with Gasteiger partial charge in [0.2, 0.25) is 0 Å². The van der Waals surface area contributed by atoms with Crippen molar-refractivity contribution in [1.82, 2.24) is 10.6 Å². The van der Waals surface area contributed by atoms with Gasteiger partial charge in [0.15, 0.2) is 0 Å². The maximum Gasteiger partial charge on any atom is 0.0843 e. The van der Waals surface area contributed by atoms with E-state index < -0.39 is 0 Å². The minimum Gasteiger partial charge on any atom is -0.372 e. The lowest BCUT2D eigenvalue weighted by Crippen LogP contribution is -2.13. The molecule has 0 aliphatic carbocycles. The van der Waals surface area contributed by atoms with Crippen LogP contribution in [0.15, 0.2) is 11.9 Å². The fraction of sp³-hybridized carbons (Fsp3) is 0.400. The first kappa shape index (κ1) is 4.98. The molecule has 2 N–H and O–H groups in total. The van der Waals surface area contributed by atoms with Gasteiger partial charge in [0.05, 0.1) is 19.2 Å². The van der Waals surface area contributed by atoms with Gasteiger partial charge < -0.3 is 10.6 Å². The first-order valence-corrected chi connectivity index (χ1v) is 2.47. The molecule has 3 nitrogen and oxygen atoms in total. The number of rotatable bonds is 1. The number of hydrogen-bond donors (Lipinski definition) is 2. The lowest BCUT2D eigenvalue weighted by atomic mass is 10.4. The first-order chi connectivity index (χ1) is 3.93. The molecule has 0 saturated carbocycles. The van der Waals surface area contributed by atoms with Crippen LogP contribution in [-0.2, 0) is 0 Å². The van der Waals surface area contributed by atoms with E-state index in [1.54, 1.807) is 0 Å². The third-order valence-corrected chi connectivity index (χ3v) is 0.963. The summed E-state index contributed by atoms with van der Waals surface area (Å²) in [6.45, 7) is 0.761. The fourth-order valence-corrected chi connectivity index (χ4v) is 0.589. The normalized spacial score (nSPS) is 15.6. The van der Waals surface area contributed by atoms with Gasteiger partial charge >= 0.3 is 0 Å². The van der Waals surface area contributed by atoms with Crippen LogP contribution in [0.1, 0.15) is 6.42 Å². The summed E-state index contributed by atoms with van der Waals surface area (Å²) >= 11 is 0. The molecule has 0 aromatic heterocycles. The molecule has 0 aromatic carbocycles. The summed E-state index contributed by atoms with van der Waals surface area (Å²) in [7, 11) is 0. The van der Waals surface area contributed by atoms with Crippen molar-refractivity contribution in [2.75, 3.05) is 6.67 Å². The fourth-order valence-electron chi connectivity index (χ4n) is 0.589. The van der Waals surface area contributed by atoms with Crippen LogP contribution in [0.5, 0.6) is 0 Å². The average Bonchev–Trinajstić information content (AvgIpc) is 2.19. The molecule has 1 rings (SSSR count). The number of nitrogens with zero attached hydrogens (tertiary/aromatic N) is 1. The zero-order valence-corrected chi connectivity index (χ0v) is 4.44. The van der Waals surface area contributed by atoms with Crippen LogP contribution in [-0.4, -0.2) is 6.67 Å². The van der Waals surface area contributed by atoms with Crippen LogP contribution < -0.4 is 10.6 Å². The van der Waals surface area contributed by atoms with Gasteiger partial charge in [-0.25, -0.2) is 0 Å². The summed E-state index contributed by atoms with van der Waals surface area (Å²) in [4.78, 5) is 0. The Morgan fingerprint density at radius 1 is 1.88 bits per heavy atom. The van der Waals surface area contributed by atoms with Crippen molar-refractivity contribution in [2.45, 2.75) is 6.42 Å². The number of allylic oxidation sites excluding steroid dienone is 1. The molecule has 3 heteroatoms. The highest BCUT2D eigenvalue weighted by Crippen LogP contribution is 1.95. The van der Waals surface area contributed by atoms with E-state index in [4.69, 9.17) is 5.26 Å². The lowest BCUT2D eigenvalue weighted by Gasteiger charge is -1.91. The zero-order chi connectivity index (χ0) is 5.82. The van der Waals surface area contributed by atoms with E-state index in [1.807, 2.05) is 12.3 Å². The summed E-state index contributed by atoms with van der Waals surface area (Å²) in [5.41, 5.74) is 0.979. The smallest absolute Gasteiger partial charge is 0.0843 e. The Kier molecular flexibility index (Phi) is 1.38. The van der Waals surface area contributed by atoms with Gasteiger partial charge in [0.1, 0.15) is 0 Å². The second-order valence-corrected chi connectivity index (χ2v) is 1.56. The lowest BCUT2D eigenvalue weighted by molar-refractivity contribution is 0.802. The second kappa shape index (κ2) is 2.22. The molecule has 0 atom stereocenters. The molecule has 0 bridgehead atoms. The highest BCUT2D eigenvalue weighted by Gasteiger charge is 1.98. The summed E-state index contributed by atoms with van der Waals surface area (Å²) in [5, 5.41) is 14.1. The van der Waals surface area contributed by atoms with E-state index in [0.29, 0.717) is 6.42 Å². The van der Waals surface area contributed by atoms with Crippen LogP contribution in [0.25, 0.3) is 0 Å². The van der Waals surface area contributed by atoms with Crippen LogP contribution in [0.4, 0.5) is 0 Å². The topological polar surface area (TPSA) is 47.9 Å². The molecule has 1 heterocycles. The molecular formula is C5H7N3. The molecule has 0 fully saturated rings. The maximum absolute atomic E-state index is 8.17. The Labute approximate surface area is 48.0 Å². The van der Waals surface area contributed by atoms with Crippen LogP contribution >= 0.6 is 0 Å². The van der Waals surface area contributed by atoms with Crippen molar-refractivity contribution in [2.24, 2.45) is 0 Å². The minimum absolute atomic E-state index is 0.479. The Morgan fingerprint density at radius 3 is 3.25 bits per heavy atom. The number of nitriles is 1. The van der Waals surface area contributed by atoms with Crippen molar-refractivity contribution in [1.29, 1.82) is 5.26 Å². The molecule has 0 radical (unpaired) electrons. The summed E-state index contributed by atoms with van der Waals surface area (Å²) < 4.78 is 0. The SMILES string of the molecule is N#CCC1=CNCN1. The molecular weight excluding hydrogens is 102 g/mol. The Morgan fingerprint density at radius 2 is 2.75 bits per heavy atom. The van der Waals surface area contributed by atoms with Crippen molar-refractivity contribution < 1.29 is 0 Å². The molecule has 0 aromatic rings. The summed E-state index contributed by atoms with van der Waals surface area (Å²) in [6, 6.07) is 2.04. The van der Waals surface area contributed by atoms with Crippen LogP contribution in [0, 0.1) is 11.3 Å². The van der Waals surface area contributed by atoms with Gasteiger partial charge in [-0.2, -0.15) is 5.26 Å². The quantitative estimate of drug-likeness (QED) is 0.494. The Bertz CT molecular complexity index is 142. The third-order valence-electron chi connectivity index (χ3n) is 0.963. The molecule has 0 spiro atoms. The van der Waals surface area contributed by atoms with E-state index in [9.17, 15) is 0 Å². The standard InChI is InChI=1S/C5H7N3/c6-2-1-5-3-7-4-8-5/h3,7-8H,1,4H2. The predicted octanol–water partition coefficient (Wildman–Crippen LogP) is -0.108. The molecule has 0 saturated heterocycles. The van der Waals surface area contributed by atoms with Crippen molar-refractivity contribution in [3.8, 4) is 6.07 Å². The largest absolute Gasteiger partial charge is 0.372 e. The van der Waals surface area contributed by atoms with E-state index in [0.717, 1.165) is 12.4 Å². The first-order valence-electron chi connectivity index (χ1n) is 2.47. The highest BCUT2D eigenvalue weighted by molar-refractivity contribution is 5.08. The second-order valence-electron chi connectivity index (χ2n) is 1.56. The van der Waals surface area contributed by atoms with Gasteiger partial charge in [-0.15, -0.1) is 0 Å². The maximum atomic E-state index is 8.17. The van der Waals surface area contributed by atoms with Gasteiger partial charge in [-0.05, 0) is 0 Å². The van der Waals surface area contributed by atoms with Gasteiger partial charge in [-0.3, -0.25) is 0 Å². The van der Waals surface area contributed by atoms with E-state index >= 15 is 0 Å². The molecule has 0 amide bonds. The van der Waals surface area contributed by atoms with Gasteiger partial charge in [0, 0.05) is 11.9 Å². The monoisotopic (exact) mass is 109 g/mol. The van der Waals surface area contributed by atoms with Gasteiger partial charge in [0.25, 0.3) is 0 Å². The number of hydrogen-bond acceptors (Lipinski definition) is 3. The summed E-state index contributed by atoms with van der Waals surface area (Å²) in [5.74, 6) is 0. The predicted molar refractivity (Wildman–Crippen MR) is 29.5 cm³/mol. The molecule has 42 valence electrons. The van der Waals surface area contributed by atoms with Crippen molar-refractivity contribution in [3.63, 3.8) is 0 Å². The Hall–Kier alpha value is -1.17. The summed E-state index contributed by atoms with van der Waals surface area (Å²) in [6.07, 6.45) is 2.30. The molecule has 1 aliphatic heterocycles. The Balaban J connectivity index is 2.36. The van der Waals surface area contributed by atoms with E-state index in [2.05, 4.69) is 10.6 Å². The minimum atomic E-state index is 0.479. The van der Waals surface area contributed by atoms with Crippen LogP contribution in [0.3, 0.4) is 0 Å².